The monoisotopic (exact) mass is 491 g/mol. The largest absolute Gasteiger partial charge is 0.356 e. The van der Waals surface area contributed by atoms with E-state index in [0.29, 0.717) is 33.7 Å². The zero-order valence-corrected chi connectivity index (χ0v) is 20.7. The average Bonchev–Trinajstić information content (AvgIpc) is 3.30. The van der Waals surface area contributed by atoms with Crippen LogP contribution in [0.5, 0.6) is 0 Å². The Bertz CT molecular complexity index is 1560. The summed E-state index contributed by atoms with van der Waals surface area (Å²) in [6, 6.07) is 7.51. The standard InChI is InChI=1S/C26H26FN5O2S/c1-14-10-20(29-13-28-14)31-11-16-4-5-17(12-31)22(16)23-15(2)21-24(33)32(19-8-6-18(27)7-9-19)26(34)30(3)25(21)35-23/h6-10,13,16-17,22H,4-5,11-12H2,1-3H3. The molecular formula is C26H26FN5O2S. The van der Waals surface area contributed by atoms with Crippen molar-refractivity contribution in [2.24, 2.45) is 18.9 Å². The summed E-state index contributed by atoms with van der Waals surface area (Å²) in [5, 5.41) is 0.588. The van der Waals surface area contributed by atoms with Crippen molar-refractivity contribution in [1.29, 1.82) is 0 Å². The van der Waals surface area contributed by atoms with E-state index in [1.54, 1.807) is 29.3 Å². The molecule has 1 saturated carbocycles. The molecule has 35 heavy (non-hydrogen) atoms. The average molecular weight is 492 g/mol. The molecule has 3 aromatic heterocycles. The van der Waals surface area contributed by atoms with Crippen LogP contribution in [0.15, 0.2) is 46.2 Å². The number of benzene rings is 1. The Morgan fingerprint density at radius 1 is 1.03 bits per heavy atom. The third-order valence-corrected chi connectivity index (χ3v) is 9.17. The van der Waals surface area contributed by atoms with Gasteiger partial charge in [0.1, 0.15) is 22.8 Å². The van der Waals surface area contributed by atoms with Crippen LogP contribution in [0.25, 0.3) is 15.9 Å². The summed E-state index contributed by atoms with van der Waals surface area (Å²) in [6.45, 7) is 5.83. The predicted octanol–water partition coefficient (Wildman–Crippen LogP) is 3.93. The van der Waals surface area contributed by atoms with Gasteiger partial charge in [0.15, 0.2) is 0 Å². The van der Waals surface area contributed by atoms with Crippen molar-refractivity contribution in [3.05, 3.63) is 79.4 Å². The molecule has 0 radical (unpaired) electrons. The molecule has 180 valence electrons. The third-order valence-electron chi connectivity index (χ3n) is 7.70. The molecule has 0 spiro atoms. The molecule has 9 heteroatoms. The Hall–Kier alpha value is -3.33. The Labute approximate surface area is 205 Å². The fourth-order valence-electron chi connectivity index (χ4n) is 6.03. The van der Waals surface area contributed by atoms with E-state index in [4.69, 9.17) is 0 Å². The van der Waals surface area contributed by atoms with Crippen molar-refractivity contribution in [3.63, 3.8) is 0 Å². The minimum Gasteiger partial charge on any atom is -0.356 e. The number of fused-ring (bicyclic) bond motifs is 3. The Morgan fingerprint density at radius 3 is 2.37 bits per heavy atom. The summed E-state index contributed by atoms with van der Waals surface area (Å²) in [4.78, 5) is 39.8. The van der Waals surface area contributed by atoms with Gasteiger partial charge in [0, 0.05) is 42.7 Å². The summed E-state index contributed by atoms with van der Waals surface area (Å²) in [6.07, 6.45) is 3.91. The molecule has 6 rings (SSSR count). The number of hydrogen-bond acceptors (Lipinski definition) is 6. The van der Waals surface area contributed by atoms with Gasteiger partial charge in [-0.3, -0.25) is 9.36 Å². The first kappa shape index (κ1) is 22.2. The second kappa shape index (κ2) is 8.12. The second-order valence-corrected chi connectivity index (χ2v) is 10.8. The van der Waals surface area contributed by atoms with Crippen molar-refractivity contribution >= 4 is 27.4 Å². The van der Waals surface area contributed by atoms with Crippen LogP contribution in [0.1, 0.15) is 34.9 Å². The Morgan fingerprint density at radius 2 is 1.71 bits per heavy atom. The van der Waals surface area contributed by atoms with Gasteiger partial charge in [-0.15, -0.1) is 11.3 Å². The number of nitrogens with zero attached hydrogens (tertiary/aromatic N) is 5. The van der Waals surface area contributed by atoms with Crippen LogP contribution in [0.2, 0.25) is 0 Å². The summed E-state index contributed by atoms with van der Waals surface area (Å²) in [7, 11) is 1.71. The van der Waals surface area contributed by atoms with Gasteiger partial charge < -0.3 is 4.90 Å². The molecule has 1 aliphatic carbocycles. The lowest BCUT2D eigenvalue weighted by Gasteiger charge is -2.38. The van der Waals surface area contributed by atoms with Crippen LogP contribution in [0.4, 0.5) is 10.2 Å². The highest BCUT2D eigenvalue weighted by atomic mass is 32.1. The summed E-state index contributed by atoms with van der Waals surface area (Å²) in [5.41, 5.74) is 1.55. The lowest BCUT2D eigenvalue weighted by Crippen LogP contribution is -2.41. The molecule has 1 saturated heterocycles. The van der Waals surface area contributed by atoms with Gasteiger partial charge in [0.05, 0.1) is 11.1 Å². The fourth-order valence-corrected chi connectivity index (χ4v) is 7.57. The van der Waals surface area contributed by atoms with Crippen molar-refractivity contribution in [2.45, 2.75) is 32.6 Å². The lowest BCUT2D eigenvalue weighted by atomic mass is 9.82. The number of halogens is 1. The normalized spacial score (nSPS) is 21.7. The molecule has 4 heterocycles. The van der Waals surface area contributed by atoms with E-state index in [1.165, 1.54) is 29.1 Å². The maximum Gasteiger partial charge on any atom is 0.336 e. The number of aromatic nitrogens is 4. The molecule has 2 atom stereocenters. The van der Waals surface area contributed by atoms with Crippen LogP contribution >= 0.6 is 11.3 Å². The number of aryl methyl sites for hydroxylation is 3. The van der Waals surface area contributed by atoms with E-state index in [9.17, 15) is 14.0 Å². The van der Waals surface area contributed by atoms with E-state index < -0.39 is 11.5 Å². The molecule has 0 amide bonds. The second-order valence-electron chi connectivity index (χ2n) is 9.78. The minimum atomic E-state index is -0.418. The Kier molecular flexibility index (Phi) is 5.14. The molecule has 1 aliphatic heterocycles. The first-order valence-electron chi connectivity index (χ1n) is 11.9. The van der Waals surface area contributed by atoms with Gasteiger partial charge in [-0.05, 0) is 68.4 Å². The lowest BCUT2D eigenvalue weighted by molar-refractivity contribution is 0.358. The summed E-state index contributed by atoms with van der Waals surface area (Å²) < 4.78 is 16.2. The predicted molar refractivity (Wildman–Crippen MR) is 135 cm³/mol. The van der Waals surface area contributed by atoms with Gasteiger partial charge in [-0.25, -0.2) is 23.7 Å². The van der Waals surface area contributed by atoms with Gasteiger partial charge >= 0.3 is 5.69 Å². The molecular weight excluding hydrogens is 465 g/mol. The van der Waals surface area contributed by atoms with Crippen LogP contribution in [-0.4, -0.2) is 32.2 Å². The van der Waals surface area contributed by atoms with Crippen LogP contribution in [0, 0.1) is 31.5 Å². The highest BCUT2D eigenvalue weighted by Crippen LogP contribution is 2.52. The molecule has 0 N–H and O–H groups in total. The van der Waals surface area contributed by atoms with E-state index in [1.807, 2.05) is 19.9 Å². The quantitative estimate of drug-likeness (QED) is 0.434. The van der Waals surface area contributed by atoms with Gasteiger partial charge in [-0.1, -0.05) is 0 Å². The van der Waals surface area contributed by atoms with E-state index in [-0.39, 0.29) is 5.56 Å². The van der Waals surface area contributed by atoms with E-state index in [2.05, 4.69) is 14.9 Å². The molecule has 4 aromatic rings. The highest BCUT2D eigenvalue weighted by molar-refractivity contribution is 7.19. The first-order valence-corrected chi connectivity index (χ1v) is 12.7. The zero-order valence-electron chi connectivity index (χ0n) is 19.9. The van der Waals surface area contributed by atoms with Gasteiger partial charge in [-0.2, -0.15) is 0 Å². The minimum absolute atomic E-state index is 0.337. The molecule has 2 bridgehead atoms. The number of hydrogen-bond donors (Lipinski definition) is 0. The highest BCUT2D eigenvalue weighted by Gasteiger charge is 2.44. The van der Waals surface area contributed by atoms with Crippen molar-refractivity contribution in [1.82, 2.24) is 19.1 Å². The maximum atomic E-state index is 13.6. The maximum absolute atomic E-state index is 13.6. The molecule has 2 aliphatic rings. The summed E-state index contributed by atoms with van der Waals surface area (Å²) in [5.74, 6) is 1.86. The third kappa shape index (κ3) is 3.43. The van der Waals surface area contributed by atoms with Crippen molar-refractivity contribution in [2.75, 3.05) is 18.0 Å². The molecule has 2 fully saturated rings. The van der Waals surface area contributed by atoms with Crippen molar-refractivity contribution in [3.8, 4) is 5.69 Å². The van der Waals surface area contributed by atoms with Gasteiger partial charge in [0.25, 0.3) is 5.56 Å². The van der Waals surface area contributed by atoms with E-state index >= 15 is 0 Å². The van der Waals surface area contributed by atoms with Crippen LogP contribution < -0.4 is 16.1 Å². The van der Waals surface area contributed by atoms with Crippen LogP contribution in [0.3, 0.4) is 0 Å². The van der Waals surface area contributed by atoms with Gasteiger partial charge in [0.2, 0.25) is 0 Å². The zero-order chi connectivity index (χ0) is 24.4. The number of thiophene rings is 1. The van der Waals surface area contributed by atoms with Crippen molar-refractivity contribution < 1.29 is 4.39 Å². The molecule has 2 unspecified atom stereocenters. The fraction of sp³-hybridized carbons (Fsp3) is 0.385. The number of anilines is 1. The smallest absolute Gasteiger partial charge is 0.336 e. The van der Waals surface area contributed by atoms with Crippen LogP contribution in [-0.2, 0) is 7.05 Å². The topological polar surface area (TPSA) is 73.0 Å². The SMILES string of the molecule is Cc1cc(N2CC3CCC(C2)C3c2sc3c(c2C)c(=O)n(-c2ccc(F)cc2)c(=O)n3C)ncn1. The molecule has 1 aromatic carbocycles. The summed E-state index contributed by atoms with van der Waals surface area (Å²) >= 11 is 1.58. The van der Waals surface area contributed by atoms with E-state index in [0.717, 1.165) is 47.6 Å². The molecule has 7 nitrogen and oxygen atoms in total. The first-order chi connectivity index (χ1) is 16.8. The number of piperidine rings is 1. The Balaban J connectivity index is 1.43. The number of rotatable bonds is 3.